The summed E-state index contributed by atoms with van der Waals surface area (Å²) in [6.07, 6.45) is 0. The summed E-state index contributed by atoms with van der Waals surface area (Å²) in [4.78, 5) is 28.0. The standard InChI is InChI=1S/C17H25N3O3/c1-3-19(4-2)17(22)14-6-5-7-15(12-14)18-13-16(21)20-8-10-23-11-9-20/h5-7,12,18H,3-4,8-11,13H2,1-2H3. The fourth-order valence-electron chi connectivity index (χ4n) is 2.56. The molecule has 6 nitrogen and oxygen atoms in total. The molecule has 0 radical (unpaired) electrons. The van der Waals surface area contributed by atoms with E-state index in [1.807, 2.05) is 26.0 Å². The molecule has 23 heavy (non-hydrogen) atoms. The second-order valence-corrected chi connectivity index (χ2v) is 5.40. The molecule has 1 N–H and O–H groups in total. The van der Waals surface area contributed by atoms with Crippen LogP contribution in [0, 0.1) is 0 Å². The lowest BCUT2D eigenvalue weighted by Gasteiger charge is -2.27. The van der Waals surface area contributed by atoms with Gasteiger partial charge in [0.25, 0.3) is 5.91 Å². The van der Waals surface area contributed by atoms with Crippen LogP contribution in [0.4, 0.5) is 5.69 Å². The molecule has 0 unspecified atom stereocenters. The van der Waals surface area contributed by atoms with Crippen LogP contribution in [0.3, 0.4) is 0 Å². The Morgan fingerprint density at radius 1 is 1.22 bits per heavy atom. The quantitative estimate of drug-likeness (QED) is 0.862. The molecule has 0 aromatic heterocycles. The summed E-state index contributed by atoms with van der Waals surface area (Å²) in [7, 11) is 0. The first-order valence-electron chi connectivity index (χ1n) is 8.14. The first-order chi connectivity index (χ1) is 11.2. The van der Waals surface area contributed by atoms with Gasteiger partial charge in [-0.15, -0.1) is 0 Å². The summed E-state index contributed by atoms with van der Waals surface area (Å²) in [6.45, 7) is 7.99. The highest BCUT2D eigenvalue weighted by Gasteiger charge is 2.17. The Bertz CT molecular complexity index is 538. The van der Waals surface area contributed by atoms with Gasteiger partial charge in [0.05, 0.1) is 19.8 Å². The number of benzene rings is 1. The minimum absolute atomic E-state index is 0.0122. The first-order valence-corrected chi connectivity index (χ1v) is 8.14. The lowest BCUT2D eigenvalue weighted by Crippen LogP contribution is -2.43. The minimum Gasteiger partial charge on any atom is -0.378 e. The van der Waals surface area contributed by atoms with Crippen molar-refractivity contribution in [1.82, 2.24) is 9.80 Å². The number of carbonyl (C=O) groups excluding carboxylic acids is 2. The molecule has 0 saturated carbocycles. The Hall–Kier alpha value is -2.08. The lowest BCUT2D eigenvalue weighted by molar-refractivity contribution is -0.133. The van der Waals surface area contributed by atoms with E-state index in [-0.39, 0.29) is 18.4 Å². The van der Waals surface area contributed by atoms with Gasteiger partial charge in [-0.3, -0.25) is 9.59 Å². The number of hydrogen-bond acceptors (Lipinski definition) is 4. The largest absolute Gasteiger partial charge is 0.378 e. The van der Waals surface area contributed by atoms with E-state index in [2.05, 4.69) is 5.32 Å². The predicted octanol–water partition coefficient (Wildman–Crippen LogP) is 1.44. The molecule has 1 aromatic carbocycles. The number of nitrogens with one attached hydrogen (secondary N) is 1. The third-order valence-electron chi connectivity index (χ3n) is 3.97. The number of rotatable bonds is 6. The smallest absolute Gasteiger partial charge is 0.253 e. The summed E-state index contributed by atoms with van der Waals surface area (Å²) >= 11 is 0. The van der Waals surface area contributed by atoms with Crippen LogP contribution in [0.15, 0.2) is 24.3 Å². The molecule has 2 amide bonds. The third kappa shape index (κ3) is 4.69. The fraction of sp³-hybridized carbons (Fsp3) is 0.529. The normalized spacial score (nSPS) is 14.4. The van der Waals surface area contributed by atoms with Crippen LogP contribution in [0.5, 0.6) is 0 Å². The number of ether oxygens (including phenoxy) is 1. The number of morpholine rings is 1. The topological polar surface area (TPSA) is 61.9 Å². The van der Waals surface area contributed by atoms with Gasteiger partial charge in [-0.25, -0.2) is 0 Å². The van der Waals surface area contributed by atoms with Gasteiger partial charge in [-0.05, 0) is 32.0 Å². The van der Waals surface area contributed by atoms with E-state index in [9.17, 15) is 9.59 Å². The number of hydrogen-bond donors (Lipinski definition) is 1. The van der Waals surface area contributed by atoms with Gasteiger partial charge < -0.3 is 19.9 Å². The Balaban J connectivity index is 1.94. The number of amides is 2. The Labute approximate surface area is 137 Å². The maximum Gasteiger partial charge on any atom is 0.253 e. The van der Waals surface area contributed by atoms with Gasteiger partial charge in [-0.1, -0.05) is 6.07 Å². The molecular weight excluding hydrogens is 294 g/mol. The average molecular weight is 319 g/mol. The maximum atomic E-state index is 12.4. The van der Waals surface area contributed by atoms with Crippen LogP contribution < -0.4 is 5.32 Å². The molecule has 1 aliphatic rings. The maximum absolute atomic E-state index is 12.4. The molecule has 1 heterocycles. The van der Waals surface area contributed by atoms with Crippen molar-refractivity contribution in [1.29, 1.82) is 0 Å². The second kappa shape index (κ2) is 8.53. The highest BCUT2D eigenvalue weighted by atomic mass is 16.5. The monoisotopic (exact) mass is 319 g/mol. The molecule has 0 aliphatic carbocycles. The molecule has 126 valence electrons. The van der Waals surface area contributed by atoms with Crippen LogP contribution in [0.2, 0.25) is 0 Å². The number of anilines is 1. The Kier molecular flexibility index (Phi) is 6.40. The predicted molar refractivity (Wildman–Crippen MR) is 89.6 cm³/mol. The third-order valence-corrected chi connectivity index (χ3v) is 3.97. The van der Waals surface area contributed by atoms with Crippen molar-refractivity contribution >= 4 is 17.5 Å². The van der Waals surface area contributed by atoms with Crippen LogP contribution in [0.1, 0.15) is 24.2 Å². The van der Waals surface area contributed by atoms with E-state index in [4.69, 9.17) is 4.74 Å². The summed E-state index contributed by atoms with van der Waals surface area (Å²) in [5.41, 5.74) is 1.42. The Morgan fingerprint density at radius 2 is 1.91 bits per heavy atom. The highest BCUT2D eigenvalue weighted by molar-refractivity contribution is 5.95. The van der Waals surface area contributed by atoms with Crippen molar-refractivity contribution in [2.75, 3.05) is 51.3 Å². The van der Waals surface area contributed by atoms with Gasteiger partial charge in [0.1, 0.15) is 0 Å². The SMILES string of the molecule is CCN(CC)C(=O)c1cccc(NCC(=O)N2CCOCC2)c1. The summed E-state index contributed by atoms with van der Waals surface area (Å²) < 4.78 is 5.24. The van der Waals surface area contributed by atoms with E-state index in [1.54, 1.807) is 21.9 Å². The zero-order valence-electron chi connectivity index (χ0n) is 13.9. The van der Waals surface area contributed by atoms with Gasteiger partial charge in [0.15, 0.2) is 0 Å². The molecule has 6 heteroatoms. The molecule has 1 aliphatic heterocycles. The van der Waals surface area contributed by atoms with Gasteiger partial charge >= 0.3 is 0 Å². The van der Waals surface area contributed by atoms with Crippen LogP contribution in [0.25, 0.3) is 0 Å². The van der Waals surface area contributed by atoms with E-state index in [0.717, 1.165) is 5.69 Å². The van der Waals surface area contributed by atoms with E-state index < -0.39 is 0 Å². The fourth-order valence-corrected chi connectivity index (χ4v) is 2.56. The molecular formula is C17H25N3O3. The summed E-state index contributed by atoms with van der Waals surface area (Å²) in [6, 6.07) is 7.30. The molecule has 2 rings (SSSR count). The van der Waals surface area contributed by atoms with Crippen molar-refractivity contribution in [2.24, 2.45) is 0 Å². The summed E-state index contributed by atoms with van der Waals surface area (Å²) in [5.74, 6) is 0.0620. The van der Waals surface area contributed by atoms with E-state index in [0.29, 0.717) is 45.0 Å². The number of nitrogens with zero attached hydrogens (tertiary/aromatic N) is 2. The van der Waals surface area contributed by atoms with Crippen molar-refractivity contribution in [3.05, 3.63) is 29.8 Å². The summed E-state index contributed by atoms with van der Waals surface area (Å²) in [5, 5.41) is 3.11. The average Bonchev–Trinajstić information content (AvgIpc) is 2.61. The Morgan fingerprint density at radius 3 is 2.57 bits per heavy atom. The van der Waals surface area contributed by atoms with Gasteiger partial charge in [-0.2, -0.15) is 0 Å². The van der Waals surface area contributed by atoms with Crippen LogP contribution >= 0.6 is 0 Å². The van der Waals surface area contributed by atoms with Gasteiger partial charge in [0, 0.05) is 37.4 Å². The second-order valence-electron chi connectivity index (χ2n) is 5.40. The van der Waals surface area contributed by atoms with Crippen LogP contribution in [-0.2, 0) is 9.53 Å². The van der Waals surface area contributed by atoms with Crippen molar-refractivity contribution in [3.8, 4) is 0 Å². The zero-order valence-corrected chi connectivity index (χ0v) is 13.9. The van der Waals surface area contributed by atoms with Crippen molar-refractivity contribution < 1.29 is 14.3 Å². The van der Waals surface area contributed by atoms with Gasteiger partial charge in [0.2, 0.25) is 5.91 Å². The molecule has 0 spiro atoms. The lowest BCUT2D eigenvalue weighted by atomic mass is 10.1. The molecule has 0 bridgehead atoms. The van der Waals surface area contributed by atoms with Crippen molar-refractivity contribution in [2.45, 2.75) is 13.8 Å². The van der Waals surface area contributed by atoms with Crippen LogP contribution in [-0.4, -0.2) is 67.6 Å². The molecule has 1 saturated heterocycles. The molecule has 1 aromatic rings. The first kappa shape index (κ1) is 17.3. The molecule has 0 atom stereocenters. The minimum atomic E-state index is 0.0122. The zero-order chi connectivity index (χ0) is 16.7. The van der Waals surface area contributed by atoms with E-state index in [1.165, 1.54) is 0 Å². The van der Waals surface area contributed by atoms with Crippen molar-refractivity contribution in [3.63, 3.8) is 0 Å². The highest BCUT2D eigenvalue weighted by Crippen LogP contribution is 2.13. The number of carbonyl (C=O) groups is 2. The molecule has 1 fully saturated rings. The van der Waals surface area contributed by atoms with E-state index >= 15 is 0 Å².